The molecule has 0 aromatic heterocycles. The fourth-order valence-electron chi connectivity index (χ4n) is 7.49. The molecule has 7 nitrogen and oxygen atoms in total. The predicted molar refractivity (Wildman–Crippen MR) is 177 cm³/mol. The molecule has 2 saturated heterocycles. The van der Waals surface area contributed by atoms with Crippen molar-refractivity contribution in [2.75, 3.05) is 6.54 Å². The average Bonchev–Trinajstić information content (AvgIpc) is 3.42. The number of Topliss-reactive ketones (excluding diaryl/α,β-unsaturated/α-hetero) is 1. The van der Waals surface area contributed by atoms with Crippen LogP contribution in [0.15, 0.2) is 42.5 Å². The average molecular weight is 610 g/mol. The van der Waals surface area contributed by atoms with Gasteiger partial charge in [0, 0.05) is 36.0 Å². The van der Waals surface area contributed by atoms with Crippen LogP contribution in [0.5, 0.6) is 0 Å². The number of carbonyl (C=O) groups excluding carboxylic acids is 3. The van der Waals surface area contributed by atoms with E-state index in [2.05, 4.69) is 50.4 Å². The van der Waals surface area contributed by atoms with Gasteiger partial charge in [0.2, 0.25) is 11.8 Å². The first kappa shape index (κ1) is 36.0. The van der Waals surface area contributed by atoms with Gasteiger partial charge in [0.1, 0.15) is 0 Å². The van der Waals surface area contributed by atoms with E-state index in [1.807, 2.05) is 59.7 Å². The van der Waals surface area contributed by atoms with Gasteiger partial charge in [0.25, 0.3) is 0 Å². The molecule has 0 saturated carbocycles. The third-order valence-electron chi connectivity index (χ3n) is 9.59. The zero-order chi connectivity index (χ0) is 32.8. The molecular formula is C37H59N3O4. The molecule has 2 heterocycles. The number of hydroxylamine groups is 2. The van der Waals surface area contributed by atoms with E-state index < -0.39 is 23.0 Å². The molecule has 0 radical (unpaired) electrons. The Kier molecular flexibility index (Phi) is 12.4. The smallest absolute Gasteiger partial charge is 0.230 e. The summed E-state index contributed by atoms with van der Waals surface area (Å²) in [5.41, 5.74) is 0.138. The first-order valence-electron chi connectivity index (χ1n) is 16.9. The van der Waals surface area contributed by atoms with Crippen LogP contribution in [0.4, 0.5) is 0 Å². The highest BCUT2D eigenvalue weighted by Gasteiger charge is 2.46. The molecule has 1 aromatic rings. The van der Waals surface area contributed by atoms with Crippen molar-refractivity contribution in [3.05, 3.63) is 48.0 Å². The van der Waals surface area contributed by atoms with Crippen molar-refractivity contribution in [3.63, 3.8) is 0 Å². The number of benzene rings is 1. The second-order valence-corrected chi connectivity index (χ2v) is 15.5. The lowest BCUT2D eigenvalue weighted by molar-refractivity contribution is -0.246. The maximum atomic E-state index is 14.1. The molecule has 2 N–H and O–H groups in total. The number of likely N-dealkylation sites (tertiary alicyclic amines) is 1. The van der Waals surface area contributed by atoms with Crippen LogP contribution in [0.2, 0.25) is 0 Å². The Bertz CT molecular complexity index is 1120. The van der Waals surface area contributed by atoms with Crippen LogP contribution in [-0.2, 0) is 20.8 Å². The molecule has 3 rings (SSSR count). The van der Waals surface area contributed by atoms with Crippen molar-refractivity contribution in [3.8, 4) is 0 Å². The Morgan fingerprint density at radius 3 is 2.16 bits per heavy atom. The summed E-state index contributed by atoms with van der Waals surface area (Å²) in [6.45, 7) is 19.1. The standard InChI is InChI=1S/C37H59N3O4/c1-25(2)20-27(5)17-18-29(21-28-14-11-10-12-15-28)35(43)39-19-13-16-32(39)33(41)22-31(26(3)4)34(42)38-30-23-36(6,7)40(44)37(8,9)24-30/h10-12,14-15,17-18,25-27,29-32,44H,13,16,19-24H2,1-9H3,(H,38,42)/b18-17+/t27-,29-,31-,32+/m1/s1. The Labute approximate surface area is 266 Å². The fourth-order valence-corrected chi connectivity index (χ4v) is 7.49. The normalized spacial score (nSPS) is 22.8. The molecule has 0 bridgehead atoms. The summed E-state index contributed by atoms with van der Waals surface area (Å²) in [5, 5.41) is 15.3. The minimum absolute atomic E-state index is 0.00322. The van der Waals surface area contributed by atoms with Crippen molar-refractivity contribution in [1.82, 2.24) is 15.3 Å². The molecule has 4 atom stereocenters. The molecule has 0 unspecified atom stereocenters. The predicted octanol–water partition coefficient (Wildman–Crippen LogP) is 6.83. The molecule has 44 heavy (non-hydrogen) atoms. The zero-order valence-corrected chi connectivity index (χ0v) is 28.8. The number of piperidine rings is 1. The number of rotatable bonds is 13. The highest BCUT2D eigenvalue weighted by atomic mass is 16.5. The molecular weight excluding hydrogens is 550 g/mol. The van der Waals surface area contributed by atoms with Crippen LogP contribution >= 0.6 is 0 Å². The maximum Gasteiger partial charge on any atom is 0.230 e. The maximum absolute atomic E-state index is 14.1. The van der Waals surface area contributed by atoms with Gasteiger partial charge in [0.05, 0.1) is 12.0 Å². The minimum atomic E-state index is -0.494. The lowest BCUT2D eigenvalue weighted by Gasteiger charge is -2.51. The van der Waals surface area contributed by atoms with Crippen LogP contribution in [0.3, 0.4) is 0 Å². The summed E-state index contributed by atoms with van der Waals surface area (Å²) >= 11 is 0. The first-order valence-corrected chi connectivity index (χ1v) is 16.9. The molecule has 246 valence electrons. The van der Waals surface area contributed by atoms with E-state index in [9.17, 15) is 19.6 Å². The number of hydrogen-bond donors (Lipinski definition) is 2. The highest BCUT2D eigenvalue weighted by molar-refractivity contribution is 5.93. The second-order valence-electron chi connectivity index (χ2n) is 15.5. The quantitative estimate of drug-likeness (QED) is 0.239. The Morgan fingerprint density at radius 2 is 1.59 bits per heavy atom. The van der Waals surface area contributed by atoms with Crippen molar-refractivity contribution >= 4 is 17.6 Å². The Hall–Kier alpha value is -2.51. The van der Waals surface area contributed by atoms with Crippen molar-refractivity contribution < 1.29 is 19.6 Å². The van der Waals surface area contributed by atoms with Gasteiger partial charge in [0.15, 0.2) is 5.78 Å². The van der Waals surface area contributed by atoms with E-state index in [1.54, 1.807) is 4.90 Å². The molecule has 2 fully saturated rings. The van der Waals surface area contributed by atoms with E-state index in [0.29, 0.717) is 44.1 Å². The van der Waals surface area contributed by atoms with E-state index in [-0.39, 0.29) is 41.9 Å². The van der Waals surface area contributed by atoms with E-state index >= 15 is 0 Å². The van der Waals surface area contributed by atoms with Crippen molar-refractivity contribution in [2.24, 2.45) is 29.6 Å². The monoisotopic (exact) mass is 609 g/mol. The summed E-state index contributed by atoms with van der Waals surface area (Å²) in [6.07, 6.45) is 8.67. The molecule has 7 heteroatoms. The summed E-state index contributed by atoms with van der Waals surface area (Å²) in [7, 11) is 0. The van der Waals surface area contributed by atoms with Gasteiger partial charge >= 0.3 is 0 Å². The lowest BCUT2D eigenvalue weighted by atomic mass is 9.78. The molecule has 0 spiro atoms. The zero-order valence-electron chi connectivity index (χ0n) is 28.8. The molecule has 1 aromatic carbocycles. The summed E-state index contributed by atoms with van der Waals surface area (Å²) in [6, 6.07) is 9.49. The molecule has 2 amide bonds. The van der Waals surface area contributed by atoms with E-state index in [0.717, 1.165) is 18.4 Å². The highest BCUT2D eigenvalue weighted by Crippen LogP contribution is 2.37. The lowest BCUT2D eigenvalue weighted by Crippen LogP contribution is -2.63. The SMILES string of the molecule is CC(C)C[C@H](C)/C=C/[C@H](Cc1ccccc1)C(=O)N1CCC[C@H]1C(=O)C[C@@H](C(=O)NC1CC(C)(C)N(O)C(C)(C)C1)C(C)C. The van der Waals surface area contributed by atoms with Gasteiger partial charge in [-0.3, -0.25) is 14.4 Å². The van der Waals surface area contributed by atoms with Crippen LogP contribution in [0.25, 0.3) is 0 Å². The van der Waals surface area contributed by atoms with Gasteiger partial charge in [-0.15, -0.1) is 0 Å². The van der Waals surface area contributed by atoms with Gasteiger partial charge in [-0.1, -0.05) is 77.1 Å². The van der Waals surface area contributed by atoms with Gasteiger partial charge in [-0.05, 0) is 89.5 Å². The topological polar surface area (TPSA) is 90.0 Å². The van der Waals surface area contributed by atoms with Gasteiger partial charge in [-0.2, -0.15) is 5.06 Å². The number of nitrogens with zero attached hydrogens (tertiary/aromatic N) is 2. The van der Waals surface area contributed by atoms with E-state index in [4.69, 9.17) is 0 Å². The first-order chi connectivity index (χ1) is 20.5. The third-order valence-corrected chi connectivity index (χ3v) is 9.59. The number of ketones is 1. The summed E-state index contributed by atoms with van der Waals surface area (Å²) in [5.74, 6) is -0.0391. The van der Waals surface area contributed by atoms with Crippen molar-refractivity contribution in [2.45, 2.75) is 130 Å². The second kappa shape index (κ2) is 15.2. The summed E-state index contributed by atoms with van der Waals surface area (Å²) in [4.78, 5) is 43.4. The van der Waals surface area contributed by atoms with Crippen LogP contribution < -0.4 is 5.32 Å². The molecule has 0 aliphatic carbocycles. The van der Waals surface area contributed by atoms with Gasteiger partial charge < -0.3 is 15.4 Å². The van der Waals surface area contributed by atoms with Gasteiger partial charge in [-0.25, -0.2) is 0 Å². The Balaban J connectivity index is 1.73. The minimum Gasteiger partial charge on any atom is -0.353 e. The number of nitrogens with one attached hydrogen (secondary N) is 1. The largest absolute Gasteiger partial charge is 0.353 e. The summed E-state index contributed by atoms with van der Waals surface area (Å²) < 4.78 is 0. The van der Waals surface area contributed by atoms with Crippen molar-refractivity contribution in [1.29, 1.82) is 0 Å². The van der Waals surface area contributed by atoms with E-state index in [1.165, 1.54) is 5.06 Å². The van der Waals surface area contributed by atoms with Crippen LogP contribution in [0, 0.1) is 29.6 Å². The number of amides is 2. The number of allylic oxidation sites excluding steroid dienone is 1. The fraction of sp³-hybridized carbons (Fsp3) is 0.703. The molecule has 2 aliphatic rings. The molecule has 2 aliphatic heterocycles. The van der Waals surface area contributed by atoms with Crippen LogP contribution in [0.1, 0.15) is 106 Å². The van der Waals surface area contributed by atoms with Crippen LogP contribution in [-0.4, -0.2) is 62.5 Å². The Morgan fingerprint density at radius 1 is 0.977 bits per heavy atom. The number of carbonyl (C=O) groups is 3. The third kappa shape index (κ3) is 9.50. The number of hydrogen-bond acceptors (Lipinski definition) is 5.